The van der Waals surface area contributed by atoms with Crippen LogP contribution in [0.3, 0.4) is 0 Å². The summed E-state index contributed by atoms with van der Waals surface area (Å²) in [7, 11) is 0. The summed E-state index contributed by atoms with van der Waals surface area (Å²) in [4.78, 5) is 25.6. The van der Waals surface area contributed by atoms with Gasteiger partial charge in [0, 0.05) is 24.7 Å². The standard InChI is InChI=1S/C21H25N3O4/c1-2-28-21(27)15-5-7-16(8-6-15)23-11-9-17(10-12-23)24-19(14-3-4-14)18(13-22-24)20(25)26/h5-8,13-14,17H,2-4,9-12H2,1H3,(H,25,26). The summed E-state index contributed by atoms with van der Waals surface area (Å²) < 4.78 is 7.00. The van der Waals surface area contributed by atoms with Crippen LogP contribution < -0.4 is 4.90 Å². The quantitative estimate of drug-likeness (QED) is 0.769. The molecule has 2 heterocycles. The third kappa shape index (κ3) is 3.61. The number of aromatic nitrogens is 2. The van der Waals surface area contributed by atoms with Crippen LogP contribution in [0.5, 0.6) is 0 Å². The maximum atomic E-state index is 11.8. The predicted molar refractivity (Wildman–Crippen MR) is 104 cm³/mol. The van der Waals surface area contributed by atoms with Gasteiger partial charge in [-0.3, -0.25) is 4.68 Å². The highest BCUT2D eigenvalue weighted by atomic mass is 16.5. The number of carbonyl (C=O) groups is 2. The summed E-state index contributed by atoms with van der Waals surface area (Å²) in [6.07, 6.45) is 5.45. The Bertz CT molecular complexity index is 862. The van der Waals surface area contributed by atoms with Crippen molar-refractivity contribution in [2.45, 2.75) is 44.6 Å². The largest absolute Gasteiger partial charge is 0.478 e. The van der Waals surface area contributed by atoms with Crippen LogP contribution in [0.2, 0.25) is 0 Å². The van der Waals surface area contributed by atoms with E-state index in [1.54, 1.807) is 19.1 Å². The lowest BCUT2D eigenvalue weighted by Gasteiger charge is -2.34. The van der Waals surface area contributed by atoms with E-state index in [0.29, 0.717) is 23.7 Å². The average Bonchev–Trinajstić information content (AvgIpc) is 3.46. The minimum atomic E-state index is -0.882. The number of benzene rings is 1. The van der Waals surface area contributed by atoms with Gasteiger partial charge in [0.15, 0.2) is 0 Å². The Morgan fingerprint density at radius 3 is 2.39 bits per heavy atom. The fourth-order valence-corrected chi connectivity index (χ4v) is 3.98. The lowest BCUT2D eigenvalue weighted by Crippen LogP contribution is -2.35. The van der Waals surface area contributed by atoms with E-state index in [0.717, 1.165) is 50.2 Å². The Balaban J connectivity index is 1.43. The second-order valence-electron chi connectivity index (χ2n) is 7.45. The molecule has 7 nitrogen and oxygen atoms in total. The van der Waals surface area contributed by atoms with E-state index in [4.69, 9.17) is 4.74 Å². The molecular formula is C21H25N3O4. The van der Waals surface area contributed by atoms with E-state index in [9.17, 15) is 14.7 Å². The van der Waals surface area contributed by atoms with Crippen molar-refractivity contribution in [2.24, 2.45) is 0 Å². The number of carboxylic acid groups (broad SMARTS) is 1. The highest BCUT2D eigenvalue weighted by Gasteiger charge is 2.35. The summed E-state index contributed by atoms with van der Waals surface area (Å²) in [6.45, 7) is 3.91. The first-order chi connectivity index (χ1) is 13.6. The lowest BCUT2D eigenvalue weighted by atomic mass is 10.0. The van der Waals surface area contributed by atoms with E-state index in [1.807, 2.05) is 16.8 Å². The molecule has 7 heteroatoms. The zero-order valence-electron chi connectivity index (χ0n) is 16.0. The Labute approximate surface area is 163 Å². The molecule has 2 aromatic rings. The van der Waals surface area contributed by atoms with Crippen molar-refractivity contribution in [1.82, 2.24) is 9.78 Å². The number of rotatable bonds is 6. The van der Waals surface area contributed by atoms with E-state index >= 15 is 0 Å². The summed E-state index contributed by atoms with van der Waals surface area (Å²) in [5.74, 6) is -0.831. The number of esters is 1. The molecule has 0 unspecified atom stereocenters. The molecule has 1 aliphatic heterocycles. The fraction of sp³-hybridized carbons (Fsp3) is 0.476. The average molecular weight is 383 g/mol. The van der Waals surface area contributed by atoms with Gasteiger partial charge >= 0.3 is 11.9 Å². The molecule has 0 atom stereocenters. The molecule has 0 spiro atoms. The maximum absolute atomic E-state index is 11.8. The van der Waals surface area contributed by atoms with Gasteiger partial charge in [0.2, 0.25) is 0 Å². The number of carbonyl (C=O) groups excluding carboxylic acids is 1. The molecule has 0 amide bonds. The topological polar surface area (TPSA) is 84.7 Å². The van der Waals surface area contributed by atoms with Crippen molar-refractivity contribution < 1.29 is 19.4 Å². The Hall–Kier alpha value is -2.83. The van der Waals surface area contributed by atoms with Crippen LogP contribution >= 0.6 is 0 Å². The van der Waals surface area contributed by atoms with Crippen molar-refractivity contribution in [1.29, 1.82) is 0 Å². The van der Waals surface area contributed by atoms with Crippen LogP contribution in [0, 0.1) is 0 Å². The molecule has 148 valence electrons. The maximum Gasteiger partial charge on any atom is 0.339 e. The number of anilines is 1. The first-order valence-corrected chi connectivity index (χ1v) is 9.91. The van der Waals surface area contributed by atoms with Crippen LogP contribution in [0.1, 0.15) is 71.0 Å². The molecule has 2 aliphatic rings. The first-order valence-electron chi connectivity index (χ1n) is 9.91. The molecule has 1 aromatic heterocycles. The zero-order chi connectivity index (χ0) is 19.7. The summed E-state index contributed by atoms with van der Waals surface area (Å²) in [6, 6.07) is 7.75. The highest BCUT2D eigenvalue weighted by molar-refractivity contribution is 5.90. The number of aromatic carboxylic acids is 1. The summed E-state index contributed by atoms with van der Waals surface area (Å²) >= 11 is 0. The van der Waals surface area contributed by atoms with Crippen LogP contribution in [0.15, 0.2) is 30.5 Å². The van der Waals surface area contributed by atoms with Gasteiger partial charge in [-0.15, -0.1) is 0 Å². The van der Waals surface area contributed by atoms with Crippen LogP contribution in [-0.4, -0.2) is 46.5 Å². The minimum absolute atomic E-state index is 0.235. The molecule has 4 rings (SSSR count). The minimum Gasteiger partial charge on any atom is -0.478 e. The van der Waals surface area contributed by atoms with Gasteiger partial charge in [0.05, 0.1) is 30.1 Å². The lowest BCUT2D eigenvalue weighted by molar-refractivity contribution is 0.0526. The molecule has 2 fully saturated rings. The van der Waals surface area contributed by atoms with E-state index in [2.05, 4.69) is 10.00 Å². The van der Waals surface area contributed by atoms with Gasteiger partial charge in [-0.2, -0.15) is 5.10 Å². The number of carboxylic acids is 1. The number of ether oxygens (including phenoxy) is 1. The Morgan fingerprint density at radius 1 is 1.14 bits per heavy atom. The van der Waals surface area contributed by atoms with E-state index < -0.39 is 5.97 Å². The molecule has 1 saturated carbocycles. The molecular weight excluding hydrogens is 358 g/mol. The number of piperidine rings is 1. The second kappa shape index (κ2) is 7.66. The zero-order valence-corrected chi connectivity index (χ0v) is 16.0. The highest BCUT2D eigenvalue weighted by Crippen LogP contribution is 2.43. The van der Waals surface area contributed by atoms with Gasteiger partial charge in [-0.1, -0.05) is 0 Å². The van der Waals surface area contributed by atoms with Crippen molar-refractivity contribution in [3.63, 3.8) is 0 Å². The molecule has 28 heavy (non-hydrogen) atoms. The van der Waals surface area contributed by atoms with Gasteiger partial charge in [-0.05, 0) is 56.9 Å². The molecule has 1 N–H and O–H groups in total. The predicted octanol–water partition coefficient (Wildman–Crippen LogP) is 3.48. The van der Waals surface area contributed by atoms with Crippen LogP contribution in [0.25, 0.3) is 0 Å². The fourth-order valence-electron chi connectivity index (χ4n) is 3.98. The summed E-state index contributed by atoms with van der Waals surface area (Å²) in [5, 5.41) is 13.9. The number of hydrogen-bond donors (Lipinski definition) is 1. The van der Waals surface area contributed by atoms with Crippen molar-refractivity contribution in [3.8, 4) is 0 Å². The van der Waals surface area contributed by atoms with Crippen molar-refractivity contribution >= 4 is 17.6 Å². The SMILES string of the molecule is CCOC(=O)c1ccc(N2CCC(n3ncc(C(=O)O)c3C3CC3)CC2)cc1. The third-order valence-corrected chi connectivity index (χ3v) is 5.58. The van der Waals surface area contributed by atoms with Crippen molar-refractivity contribution in [2.75, 3.05) is 24.6 Å². The molecule has 0 radical (unpaired) electrons. The van der Waals surface area contributed by atoms with Gasteiger partial charge in [0.1, 0.15) is 5.56 Å². The molecule has 1 saturated heterocycles. The van der Waals surface area contributed by atoms with E-state index in [1.165, 1.54) is 6.20 Å². The first kappa shape index (κ1) is 18.5. The van der Waals surface area contributed by atoms with E-state index in [-0.39, 0.29) is 12.0 Å². The number of hydrogen-bond acceptors (Lipinski definition) is 5. The van der Waals surface area contributed by atoms with Crippen LogP contribution in [0.4, 0.5) is 5.69 Å². The molecule has 1 aromatic carbocycles. The Morgan fingerprint density at radius 2 is 1.82 bits per heavy atom. The number of nitrogens with zero attached hydrogens (tertiary/aromatic N) is 3. The third-order valence-electron chi connectivity index (χ3n) is 5.58. The van der Waals surface area contributed by atoms with Crippen molar-refractivity contribution in [3.05, 3.63) is 47.3 Å². The Kier molecular flexibility index (Phi) is 5.07. The monoisotopic (exact) mass is 383 g/mol. The summed E-state index contributed by atoms with van der Waals surface area (Å²) in [5.41, 5.74) is 2.91. The smallest absolute Gasteiger partial charge is 0.339 e. The van der Waals surface area contributed by atoms with Gasteiger partial charge < -0.3 is 14.7 Å². The normalized spacial score (nSPS) is 17.5. The van der Waals surface area contributed by atoms with Gasteiger partial charge in [-0.25, -0.2) is 9.59 Å². The molecule has 0 bridgehead atoms. The van der Waals surface area contributed by atoms with Crippen LogP contribution in [-0.2, 0) is 4.74 Å². The van der Waals surface area contributed by atoms with Gasteiger partial charge in [0.25, 0.3) is 0 Å². The molecule has 1 aliphatic carbocycles. The second-order valence-corrected chi connectivity index (χ2v) is 7.45.